The molecule has 2 unspecified atom stereocenters. The zero-order valence-corrected chi connectivity index (χ0v) is 13.4. The predicted octanol–water partition coefficient (Wildman–Crippen LogP) is 0.439. The largest absolute Gasteiger partial charge is 0.382 e. The van der Waals surface area contributed by atoms with Gasteiger partial charge in [0.05, 0.1) is 6.61 Å². The minimum Gasteiger partial charge on any atom is -0.382 e. The molecule has 0 N–H and O–H groups in total. The number of nitrogens with zero attached hydrogens (tertiary/aromatic N) is 3. The number of ether oxygens (including phenoxy) is 1. The Kier molecular flexibility index (Phi) is 3.63. The van der Waals surface area contributed by atoms with Gasteiger partial charge in [0, 0.05) is 26.2 Å². The Morgan fingerprint density at radius 3 is 2.59 bits per heavy atom. The molecule has 0 spiro atoms. The number of carbonyl (C=O) groups excluding carboxylic acids is 3. The van der Waals surface area contributed by atoms with Gasteiger partial charge in [-0.1, -0.05) is 0 Å². The Morgan fingerprint density at radius 2 is 2.00 bits per heavy atom. The van der Waals surface area contributed by atoms with E-state index in [0.717, 1.165) is 6.42 Å². The van der Waals surface area contributed by atoms with Gasteiger partial charge >= 0.3 is 6.03 Å². The van der Waals surface area contributed by atoms with Crippen LogP contribution in [0.2, 0.25) is 0 Å². The fraction of sp³-hybridized carbons (Fsp3) is 0.800. The molecule has 122 valence electrons. The van der Waals surface area contributed by atoms with Crippen LogP contribution in [0.4, 0.5) is 4.79 Å². The van der Waals surface area contributed by atoms with E-state index in [1.54, 1.807) is 9.80 Å². The van der Waals surface area contributed by atoms with Crippen molar-refractivity contribution in [3.63, 3.8) is 0 Å². The second-order valence-electron chi connectivity index (χ2n) is 6.61. The molecule has 0 bridgehead atoms. The number of amides is 4. The SMILES string of the molecule is COCC12CCCN1C(=O)N(C1CCN(C(C)C)C1=O)C2=O. The van der Waals surface area contributed by atoms with Crippen molar-refractivity contribution in [2.24, 2.45) is 0 Å². The molecular formula is C15H23N3O4. The lowest BCUT2D eigenvalue weighted by atomic mass is 9.97. The van der Waals surface area contributed by atoms with Crippen molar-refractivity contribution in [3.05, 3.63) is 0 Å². The smallest absolute Gasteiger partial charge is 0.328 e. The summed E-state index contributed by atoms with van der Waals surface area (Å²) in [5.41, 5.74) is -0.892. The third-order valence-electron chi connectivity index (χ3n) is 5.07. The Labute approximate surface area is 130 Å². The molecule has 3 rings (SSSR count). The van der Waals surface area contributed by atoms with Gasteiger partial charge in [-0.2, -0.15) is 0 Å². The Bertz CT molecular complexity index is 521. The molecule has 3 aliphatic rings. The van der Waals surface area contributed by atoms with Gasteiger partial charge in [0.2, 0.25) is 5.91 Å². The lowest BCUT2D eigenvalue weighted by Gasteiger charge is -2.27. The normalized spacial score (nSPS) is 31.9. The van der Waals surface area contributed by atoms with Gasteiger partial charge in [0.25, 0.3) is 5.91 Å². The van der Waals surface area contributed by atoms with Crippen LogP contribution in [0.1, 0.15) is 33.1 Å². The Morgan fingerprint density at radius 1 is 1.27 bits per heavy atom. The summed E-state index contributed by atoms with van der Waals surface area (Å²) in [6, 6.07) is -0.900. The molecule has 3 aliphatic heterocycles. The van der Waals surface area contributed by atoms with E-state index < -0.39 is 11.6 Å². The standard InChI is InChI=1S/C15H23N3O4/c1-10(2)16-8-5-11(12(16)19)18-13(20)15(9-22-3)6-4-7-17(15)14(18)21/h10-11H,4-9H2,1-3H3. The van der Waals surface area contributed by atoms with Gasteiger partial charge in [-0.3, -0.25) is 9.59 Å². The first kappa shape index (κ1) is 15.3. The van der Waals surface area contributed by atoms with Crippen LogP contribution >= 0.6 is 0 Å². The van der Waals surface area contributed by atoms with E-state index in [1.807, 2.05) is 13.8 Å². The number of rotatable bonds is 4. The highest BCUT2D eigenvalue weighted by molar-refractivity contribution is 6.10. The van der Waals surface area contributed by atoms with Crippen molar-refractivity contribution in [1.82, 2.24) is 14.7 Å². The second-order valence-corrected chi connectivity index (χ2v) is 6.61. The number of hydrogen-bond donors (Lipinski definition) is 0. The summed E-state index contributed by atoms with van der Waals surface area (Å²) in [6.45, 7) is 5.23. The van der Waals surface area contributed by atoms with E-state index >= 15 is 0 Å². The van der Waals surface area contributed by atoms with Crippen LogP contribution in [-0.4, -0.2) is 77.0 Å². The molecule has 0 aliphatic carbocycles. The molecule has 0 saturated carbocycles. The summed E-state index contributed by atoms with van der Waals surface area (Å²) in [6.07, 6.45) is 1.92. The van der Waals surface area contributed by atoms with Crippen molar-refractivity contribution in [2.75, 3.05) is 26.8 Å². The zero-order chi connectivity index (χ0) is 16.1. The van der Waals surface area contributed by atoms with Crippen molar-refractivity contribution in [1.29, 1.82) is 0 Å². The van der Waals surface area contributed by atoms with E-state index in [1.165, 1.54) is 12.0 Å². The number of hydrogen-bond acceptors (Lipinski definition) is 4. The van der Waals surface area contributed by atoms with Crippen LogP contribution in [0.5, 0.6) is 0 Å². The first-order valence-electron chi connectivity index (χ1n) is 7.88. The van der Waals surface area contributed by atoms with Gasteiger partial charge in [-0.05, 0) is 33.1 Å². The van der Waals surface area contributed by atoms with Gasteiger partial charge in [-0.25, -0.2) is 9.69 Å². The summed E-state index contributed by atoms with van der Waals surface area (Å²) in [5, 5.41) is 0. The molecule has 7 heteroatoms. The number of carbonyl (C=O) groups is 3. The van der Waals surface area contributed by atoms with Crippen LogP contribution < -0.4 is 0 Å². The van der Waals surface area contributed by atoms with Crippen LogP contribution in [0, 0.1) is 0 Å². The third-order valence-corrected chi connectivity index (χ3v) is 5.07. The molecule has 0 radical (unpaired) electrons. The summed E-state index contributed by atoms with van der Waals surface area (Å²) >= 11 is 0. The monoisotopic (exact) mass is 309 g/mol. The average Bonchev–Trinajstić information content (AvgIpc) is 3.09. The number of fused-ring (bicyclic) bond motifs is 1. The van der Waals surface area contributed by atoms with Crippen LogP contribution in [0.3, 0.4) is 0 Å². The van der Waals surface area contributed by atoms with Crippen molar-refractivity contribution >= 4 is 17.8 Å². The minimum absolute atomic E-state index is 0.0815. The van der Waals surface area contributed by atoms with E-state index in [4.69, 9.17) is 4.74 Å². The topological polar surface area (TPSA) is 70.2 Å². The maximum Gasteiger partial charge on any atom is 0.328 e. The van der Waals surface area contributed by atoms with Gasteiger partial charge < -0.3 is 14.5 Å². The van der Waals surface area contributed by atoms with E-state index in [0.29, 0.717) is 25.9 Å². The molecule has 7 nitrogen and oxygen atoms in total. The highest BCUT2D eigenvalue weighted by Gasteiger charge is 2.62. The quantitative estimate of drug-likeness (QED) is 0.707. The predicted molar refractivity (Wildman–Crippen MR) is 78.0 cm³/mol. The number of methoxy groups -OCH3 is 1. The minimum atomic E-state index is -0.892. The zero-order valence-electron chi connectivity index (χ0n) is 13.4. The average molecular weight is 309 g/mol. The highest BCUT2D eigenvalue weighted by atomic mass is 16.5. The molecule has 3 fully saturated rings. The molecule has 4 amide bonds. The van der Waals surface area contributed by atoms with Crippen molar-refractivity contribution in [2.45, 2.75) is 50.7 Å². The molecule has 0 aromatic carbocycles. The second kappa shape index (κ2) is 5.22. The van der Waals surface area contributed by atoms with Gasteiger partial charge in [0.1, 0.15) is 11.6 Å². The molecular weight excluding hydrogens is 286 g/mol. The van der Waals surface area contributed by atoms with E-state index in [-0.39, 0.29) is 30.5 Å². The lowest BCUT2D eigenvalue weighted by Crippen LogP contribution is -2.51. The molecule has 22 heavy (non-hydrogen) atoms. The maximum absolute atomic E-state index is 12.9. The molecule has 3 heterocycles. The molecule has 0 aromatic heterocycles. The first-order chi connectivity index (χ1) is 10.4. The number of imide groups is 1. The maximum atomic E-state index is 12.9. The van der Waals surface area contributed by atoms with Crippen LogP contribution in [0.25, 0.3) is 0 Å². The first-order valence-corrected chi connectivity index (χ1v) is 7.88. The van der Waals surface area contributed by atoms with Crippen molar-refractivity contribution < 1.29 is 19.1 Å². The van der Waals surface area contributed by atoms with Gasteiger partial charge in [0.15, 0.2) is 0 Å². The van der Waals surface area contributed by atoms with E-state index in [9.17, 15) is 14.4 Å². The summed E-state index contributed by atoms with van der Waals surface area (Å²) in [7, 11) is 1.53. The summed E-state index contributed by atoms with van der Waals surface area (Å²) in [5.74, 6) is -0.383. The van der Waals surface area contributed by atoms with Crippen LogP contribution in [-0.2, 0) is 14.3 Å². The summed E-state index contributed by atoms with van der Waals surface area (Å²) in [4.78, 5) is 42.7. The molecule has 3 saturated heterocycles. The lowest BCUT2D eigenvalue weighted by molar-refractivity contribution is -0.142. The third kappa shape index (κ3) is 1.87. The summed E-state index contributed by atoms with van der Waals surface area (Å²) < 4.78 is 5.21. The van der Waals surface area contributed by atoms with Crippen LogP contribution in [0.15, 0.2) is 0 Å². The fourth-order valence-corrected chi connectivity index (χ4v) is 3.98. The van der Waals surface area contributed by atoms with Crippen molar-refractivity contribution in [3.8, 4) is 0 Å². The van der Waals surface area contributed by atoms with E-state index in [2.05, 4.69) is 0 Å². The number of urea groups is 1. The number of likely N-dealkylation sites (tertiary alicyclic amines) is 1. The molecule has 0 aromatic rings. The molecule has 2 atom stereocenters. The Balaban J connectivity index is 1.89. The Hall–Kier alpha value is -1.63. The highest BCUT2D eigenvalue weighted by Crippen LogP contribution is 2.40. The van der Waals surface area contributed by atoms with Gasteiger partial charge in [-0.15, -0.1) is 0 Å². The fourth-order valence-electron chi connectivity index (χ4n) is 3.98.